The fraction of sp³-hybridized carbons (Fsp3) is 0.333. The van der Waals surface area contributed by atoms with E-state index in [4.69, 9.17) is 4.74 Å². The molecule has 74 valence electrons. The Bertz CT molecular complexity index is 380. The first kappa shape index (κ1) is 9.25. The van der Waals surface area contributed by atoms with Crippen molar-refractivity contribution in [3.8, 4) is 5.75 Å². The summed E-state index contributed by atoms with van der Waals surface area (Å²) in [5.41, 5.74) is 0.825. The predicted molar refractivity (Wildman–Crippen MR) is 54.7 cm³/mol. The van der Waals surface area contributed by atoms with Gasteiger partial charge in [-0.05, 0) is 18.2 Å². The van der Waals surface area contributed by atoms with Crippen molar-refractivity contribution in [2.45, 2.75) is 13.8 Å². The van der Waals surface area contributed by atoms with Crippen LogP contribution in [-0.2, 0) is 0 Å². The fourth-order valence-corrected chi connectivity index (χ4v) is 1.41. The van der Waals surface area contributed by atoms with E-state index in [9.17, 15) is 4.39 Å². The zero-order chi connectivity index (χ0) is 10.2. The number of hydrogen-bond donors (Lipinski definition) is 0. The third kappa shape index (κ3) is 1.79. The second-order valence-electron chi connectivity index (χ2n) is 4.29. The van der Waals surface area contributed by atoms with Gasteiger partial charge < -0.3 is 4.74 Å². The SMILES string of the molecule is CC1(C)C=Cc2cc(F)ccc2OC1. The van der Waals surface area contributed by atoms with E-state index in [-0.39, 0.29) is 11.2 Å². The van der Waals surface area contributed by atoms with Crippen molar-refractivity contribution in [2.24, 2.45) is 5.41 Å². The number of fused-ring (bicyclic) bond motifs is 1. The zero-order valence-corrected chi connectivity index (χ0v) is 8.38. The Morgan fingerprint density at radius 1 is 1.36 bits per heavy atom. The normalized spacial score (nSPS) is 18.2. The largest absolute Gasteiger partial charge is 0.492 e. The predicted octanol–water partition coefficient (Wildman–Crippen LogP) is 3.26. The van der Waals surface area contributed by atoms with E-state index in [0.29, 0.717) is 6.61 Å². The third-order valence-corrected chi connectivity index (χ3v) is 2.29. The molecule has 0 radical (unpaired) electrons. The van der Waals surface area contributed by atoms with Crippen LogP contribution >= 0.6 is 0 Å². The molecule has 0 unspecified atom stereocenters. The molecule has 0 bridgehead atoms. The summed E-state index contributed by atoms with van der Waals surface area (Å²) < 4.78 is 18.5. The first-order chi connectivity index (χ1) is 6.57. The van der Waals surface area contributed by atoms with Gasteiger partial charge in [0.05, 0.1) is 6.61 Å². The molecule has 1 aliphatic heterocycles. The quantitative estimate of drug-likeness (QED) is 0.613. The molecule has 2 rings (SSSR count). The standard InChI is InChI=1S/C12H13FO/c1-12(2)6-5-9-7-10(13)3-4-11(9)14-8-12/h3-7H,8H2,1-2H3. The highest BCUT2D eigenvalue weighted by molar-refractivity contribution is 5.58. The molecule has 0 saturated carbocycles. The third-order valence-electron chi connectivity index (χ3n) is 2.29. The van der Waals surface area contributed by atoms with Gasteiger partial charge in [-0.3, -0.25) is 0 Å². The average molecular weight is 192 g/mol. The summed E-state index contributed by atoms with van der Waals surface area (Å²) in [4.78, 5) is 0. The molecule has 0 atom stereocenters. The van der Waals surface area contributed by atoms with Crippen molar-refractivity contribution in [1.29, 1.82) is 0 Å². The van der Waals surface area contributed by atoms with Gasteiger partial charge in [-0.1, -0.05) is 26.0 Å². The topological polar surface area (TPSA) is 9.23 Å². The summed E-state index contributed by atoms with van der Waals surface area (Å²) in [6.45, 7) is 4.81. The summed E-state index contributed by atoms with van der Waals surface area (Å²) in [6, 6.07) is 4.59. The number of benzene rings is 1. The molecule has 1 aliphatic rings. The minimum absolute atomic E-state index is 0.00942. The average Bonchev–Trinajstić information content (AvgIpc) is 2.26. The lowest BCUT2D eigenvalue weighted by molar-refractivity contribution is 0.225. The Morgan fingerprint density at radius 2 is 2.14 bits per heavy atom. The van der Waals surface area contributed by atoms with Crippen LogP contribution in [0.4, 0.5) is 4.39 Å². The lowest BCUT2D eigenvalue weighted by atomic mass is 9.94. The molecular formula is C12H13FO. The van der Waals surface area contributed by atoms with Crippen LogP contribution in [0.5, 0.6) is 5.75 Å². The second-order valence-corrected chi connectivity index (χ2v) is 4.29. The molecule has 0 fully saturated rings. The first-order valence-electron chi connectivity index (χ1n) is 4.68. The summed E-state index contributed by atoms with van der Waals surface area (Å²) >= 11 is 0. The van der Waals surface area contributed by atoms with Gasteiger partial charge in [-0.25, -0.2) is 4.39 Å². The summed E-state index contributed by atoms with van der Waals surface area (Å²) in [5, 5.41) is 0. The van der Waals surface area contributed by atoms with Crippen molar-refractivity contribution in [2.75, 3.05) is 6.61 Å². The second kappa shape index (κ2) is 3.12. The summed E-state index contributed by atoms with van der Waals surface area (Å²) in [6.07, 6.45) is 3.98. The number of ether oxygens (including phenoxy) is 1. The van der Waals surface area contributed by atoms with Crippen molar-refractivity contribution in [1.82, 2.24) is 0 Å². The lowest BCUT2D eigenvalue weighted by Gasteiger charge is -2.18. The highest BCUT2D eigenvalue weighted by Gasteiger charge is 2.19. The summed E-state index contributed by atoms with van der Waals surface area (Å²) in [7, 11) is 0. The molecule has 1 nitrogen and oxygen atoms in total. The maximum atomic E-state index is 12.9. The molecule has 0 aromatic heterocycles. The van der Waals surface area contributed by atoms with Crippen LogP contribution in [0.1, 0.15) is 19.4 Å². The fourth-order valence-electron chi connectivity index (χ4n) is 1.41. The summed E-state index contributed by atoms with van der Waals surface area (Å²) in [5.74, 6) is 0.532. The molecule has 0 amide bonds. The maximum Gasteiger partial charge on any atom is 0.126 e. The van der Waals surface area contributed by atoms with Crippen molar-refractivity contribution >= 4 is 6.08 Å². The highest BCUT2D eigenvalue weighted by atomic mass is 19.1. The molecule has 0 saturated heterocycles. The van der Waals surface area contributed by atoms with Crippen LogP contribution < -0.4 is 4.74 Å². The van der Waals surface area contributed by atoms with Crippen molar-refractivity contribution in [3.05, 3.63) is 35.7 Å². The van der Waals surface area contributed by atoms with E-state index in [1.807, 2.05) is 6.08 Å². The Hall–Kier alpha value is -1.31. The first-order valence-corrected chi connectivity index (χ1v) is 4.68. The van der Waals surface area contributed by atoms with Gasteiger partial charge in [0.2, 0.25) is 0 Å². The van der Waals surface area contributed by atoms with E-state index in [1.165, 1.54) is 12.1 Å². The lowest BCUT2D eigenvalue weighted by Crippen LogP contribution is -2.17. The van der Waals surface area contributed by atoms with Gasteiger partial charge >= 0.3 is 0 Å². The van der Waals surface area contributed by atoms with E-state index < -0.39 is 0 Å². The number of rotatable bonds is 0. The highest BCUT2D eigenvalue weighted by Crippen LogP contribution is 2.29. The van der Waals surface area contributed by atoms with Crippen LogP contribution in [0.15, 0.2) is 24.3 Å². The van der Waals surface area contributed by atoms with E-state index in [2.05, 4.69) is 19.9 Å². The molecule has 1 aromatic carbocycles. The van der Waals surface area contributed by atoms with Crippen LogP contribution in [0.3, 0.4) is 0 Å². The number of hydrogen-bond acceptors (Lipinski definition) is 1. The van der Waals surface area contributed by atoms with E-state index in [1.54, 1.807) is 6.07 Å². The molecular weight excluding hydrogens is 179 g/mol. The van der Waals surface area contributed by atoms with E-state index >= 15 is 0 Å². The Morgan fingerprint density at radius 3 is 2.93 bits per heavy atom. The zero-order valence-electron chi connectivity index (χ0n) is 8.38. The monoisotopic (exact) mass is 192 g/mol. The van der Waals surface area contributed by atoms with Crippen LogP contribution in [0.2, 0.25) is 0 Å². The Kier molecular flexibility index (Phi) is 2.06. The van der Waals surface area contributed by atoms with Gasteiger partial charge in [-0.15, -0.1) is 0 Å². The van der Waals surface area contributed by atoms with Gasteiger partial charge in [0.25, 0.3) is 0 Å². The Balaban J connectivity index is 2.42. The molecule has 14 heavy (non-hydrogen) atoms. The number of halogens is 1. The van der Waals surface area contributed by atoms with E-state index in [0.717, 1.165) is 11.3 Å². The molecule has 1 aromatic rings. The van der Waals surface area contributed by atoms with Crippen molar-refractivity contribution in [3.63, 3.8) is 0 Å². The Labute approximate surface area is 83.2 Å². The molecule has 0 spiro atoms. The maximum absolute atomic E-state index is 12.9. The van der Waals surface area contributed by atoms with Crippen LogP contribution in [0.25, 0.3) is 6.08 Å². The molecule has 2 heteroatoms. The minimum Gasteiger partial charge on any atom is -0.492 e. The minimum atomic E-state index is -0.225. The van der Waals surface area contributed by atoms with Gasteiger partial charge in [0.15, 0.2) is 0 Å². The molecule has 0 aliphatic carbocycles. The van der Waals surface area contributed by atoms with Gasteiger partial charge in [0, 0.05) is 11.0 Å². The van der Waals surface area contributed by atoms with Crippen molar-refractivity contribution < 1.29 is 9.13 Å². The molecule has 1 heterocycles. The van der Waals surface area contributed by atoms with Crippen LogP contribution in [-0.4, -0.2) is 6.61 Å². The molecule has 0 N–H and O–H groups in total. The van der Waals surface area contributed by atoms with Gasteiger partial charge in [0.1, 0.15) is 11.6 Å². The smallest absolute Gasteiger partial charge is 0.126 e. The van der Waals surface area contributed by atoms with Gasteiger partial charge in [-0.2, -0.15) is 0 Å². The van der Waals surface area contributed by atoms with Crippen LogP contribution in [0, 0.1) is 11.2 Å².